The first-order chi connectivity index (χ1) is 8.47. The average Bonchev–Trinajstić information content (AvgIpc) is 2.45. The molecule has 0 saturated carbocycles. The third-order valence-electron chi connectivity index (χ3n) is 3.00. The van der Waals surface area contributed by atoms with E-state index in [2.05, 4.69) is 53.4 Å². The van der Waals surface area contributed by atoms with Gasteiger partial charge in [-0.05, 0) is 36.5 Å². The minimum absolute atomic E-state index is 1.28. The Morgan fingerprint density at radius 2 is 1.71 bits per heavy atom. The molecule has 17 heavy (non-hydrogen) atoms. The van der Waals surface area contributed by atoms with Gasteiger partial charge in [0.1, 0.15) is 0 Å². The summed E-state index contributed by atoms with van der Waals surface area (Å²) in [6, 6.07) is 10.9. The van der Waals surface area contributed by atoms with Gasteiger partial charge in [-0.2, -0.15) is 11.8 Å². The molecule has 0 bridgehead atoms. The lowest BCUT2D eigenvalue weighted by Gasteiger charge is -1.99. The van der Waals surface area contributed by atoms with Gasteiger partial charge in [0.2, 0.25) is 4.86 Å². The summed E-state index contributed by atoms with van der Waals surface area (Å²) in [5.74, 6) is 4.00. The highest BCUT2D eigenvalue weighted by Crippen LogP contribution is 2.13. The molecule has 1 aliphatic rings. The van der Waals surface area contributed by atoms with Crippen LogP contribution >= 0.6 is 11.8 Å². The lowest BCUT2D eigenvalue weighted by atomic mass is 10.1. The van der Waals surface area contributed by atoms with Crippen molar-refractivity contribution in [1.82, 2.24) is 0 Å². The van der Waals surface area contributed by atoms with Gasteiger partial charge in [-0.1, -0.05) is 24.6 Å². The zero-order valence-electron chi connectivity index (χ0n) is 10.4. The topological polar surface area (TPSA) is 0 Å². The summed E-state index contributed by atoms with van der Waals surface area (Å²) in [7, 11) is 0. The zero-order valence-corrected chi connectivity index (χ0v) is 12.0. The van der Waals surface area contributed by atoms with Crippen molar-refractivity contribution in [2.75, 3.05) is 17.3 Å². The van der Waals surface area contributed by atoms with Gasteiger partial charge >= 0.3 is 0 Å². The van der Waals surface area contributed by atoms with E-state index in [-0.39, 0.29) is 0 Å². The van der Waals surface area contributed by atoms with E-state index in [1.54, 1.807) is 4.86 Å². The van der Waals surface area contributed by atoms with E-state index in [1.807, 2.05) is 0 Å². The van der Waals surface area contributed by atoms with Crippen LogP contribution in [-0.2, 0) is 11.4 Å². The van der Waals surface area contributed by atoms with Gasteiger partial charge < -0.3 is 0 Å². The quantitative estimate of drug-likeness (QED) is 0.546. The van der Waals surface area contributed by atoms with E-state index < -0.39 is 0 Å². The molecule has 1 aromatic carbocycles. The van der Waals surface area contributed by atoms with E-state index in [0.29, 0.717) is 0 Å². The minimum atomic E-state index is 1.28. The fraction of sp³-hybridized carbons (Fsp3) is 0.533. The number of thioether (sulfide) groups is 1. The van der Waals surface area contributed by atoms with Crippen molar-refractivity contribution in [1.29, 1.82) is 0 Å². The Balaban J connectivity index is 2.03. The monoisotopic (exact) mass is 265 g/mol. The molecule has 1 aliphatic heterocycles. The van der Waals surface area contributed by atoms with E-state index >= 15 is 0 Å². The number of hydrogen-bond acceptors (Lipinski definition) is 1. The van der Waals surface area contributed by atoms with Crippen LogP contribution in [0.1, 0.15) is 37.7 Å². The van der Waals surface area contributed by atoms with Crippen molar-refractivity contribution in [2.45, 2.75) is 32.1 Å². The van der Waals surface area contributed by atoms with Crippen molar-refractivity contribution >= 4 is 28.0 Å². The second-order valence-electron chi connectivity index (χ2n) is 4.41. The first-order valence-electron chi connectivity index (χ1n) is 6.58. The lowest BCUT2D eigenvalue weighted by molar-refractivity contribution is 0.751. The van der Waals surface area contributed by atoms with Crippen molar-refractivity contribution in [3.8, 4) is 0 Å². The van der Waals surface area contributed by atoms with Crippen LogP contribution in [0.25, 0.3) is 0 Å². The fourth-order valence-corrected chi connectivity index (χ4v) is 4.32. The highest BCUT2D eigenvalue weighted by molar-refractivity contribution is 7.99. The van der Waals surface area contributed by atoms with Gasteiger partial charge in [-0.25, -0.2) is 0 Å². The number of hydrogen-bond donors (Lipinski definition) is 0. The Bertz CT molecular complexity index is 343. The summed E-state index contributed by atoms with van der Waals surface area (Å²) >= 11 is 4.22. The van der Waals surface area contributed by atoms with E-state index in [9.17, 15) is 0 Å². The van der Waals surface area contributed by atoms with Crippen LogP contribution < -0.4 is 0 Å². The summed E-state index contributed by atoms with van der Waals surface area (Å²) in [6.45, 7) is 0. The molecule has 0 aliphatic carbocycles. The first kappa shape index (κ1) is 13.1. The van der Waals surface area contributed by atoms with Gasteiger partial charge in [0.25, 0.3) is 0 Å². The van der Waals surface area contributed by atoms with Gasteiger partial charge in [-0.15, -0.1) is 0 Å². The summed E-state index contributed by atoms with van der Waals surface area (Å²) in [6.07, 6.45) is 6.78. The summed E-state index contributed by atoms with van der Waals surface area (Å²) in [5.41, 5.74) is 1.45. The Morgan fingerprint density at radius 3 is 2.59 bits per heavy atom. The predicted molar refractivity (Wildman–Crippen MR) is 83.2 cm³/mol. The van der Waals surface area contributed by atoms with Gasteiger partial charge in [-0.3, -0.25) is 0 Å². The van der Waals surface area contributed by atoms with Crippen molar-refractivity contribution in [3.63, 3.8) is 0 Å². The summed E-state index contributed by atoms with van der Waals surface area (Å²) in [4.78, 5) is 1.61. The minimum Gasteiger partial charge on any atom is -0.162 e. The summed E-state index contributed by atoms with van der Waals surface area (Å²) < 4.78 is 0. The lowest BCUT2D eigenvalue weighted by Crippen LogP contribution is -2.04. The fourth-order valence-electron chi connectivity index (χ4n) is 2.05. The molecule has 0 fully saturated rings. The number of rotatable bonds is 1. The number of benzene rings is 1. The molecule has 0 nitrogen and oxygen atoms in total. The zero-order chi connectivity index (χ0) is 11.8. The largest absolute Gasteiger partial charge is 0.208 e. The van der Waals surface area contributed by atoms with Crippen LogP contribution in [0.5, 0.6) is 0 Å². The molecule has 2 heteroatoms. The maximum atomic E-state index is 2.26. The maximum Gasteiger partial charge on any atom is 0.208 e. The van der Waals surface area contributed by atoms with Crippen LogP contribution in [0, 0.1) is 0 Å². The van der Waals surface area contributed by atoms with Crippen molar-refractivity contribution in [2.24, 2.45) is 0 Å². The van der Waals surface area contributed by atoms with Gasteiger partial charge in [0.05, 0.1) is 0 Å². The van der Waals surface area contributed by atoms with Crippen LogP contribution in [0.3, 0.4) is 0 Å². The highest BCUT2D eigenvalue weighted by Gasteiger charge is 2.13. The standard InChI is InChI=1S/C15H21S2/c1-3-8-14(9-4-1)15-10-5-2-6-11-16-12-7-13-17-15/h1,3-4,8-9H,2,5-7,10-13H2/q+1. The molecule has 0 saturated heterocycles. The average molecular weight is 265 g/mol. The van der Waals surface area contributed by atoms with E-state index in [4.69, 9.17) is 0 Å². The Kier molecular flexibility index (Phi) is 6.08. The van der Waals surface area contributed by atoms with E-state index in [1.165, 1.54) is 54.9 Å². The maximum absolute atomic E-state index is 2.26. The summed E-state index contributed by atoms with van der Waals surface area (Å²) in [5, 5.41) is 0. The predicted octanol–water partition coefficient (Wildman–Crippen LogP) is 3.99. The second-order valence-corrected chi connectivity index (χ2v) is 6.83. The van der Waals surface area contributed by atoms with Crippen LogP contribution in [0.4, 0.5) is 0 Å². The van der Waals surface area contributed by atoms with Crippen molar-refractivity contribution in [3.05, 3.63) is 35.9 Å². The molecule has 0 amide bonds. The molecule has 1 aromatic rings. The first-order valence-corrected chi connectivity index (χ1v) is 8.72. The molecule has 1 heterocycles. The molecule has 0 radical (unpaired) electrons. The smallest absolute Gasteiger partial charge is 0.162 e. The Labute approximate surface area is 113 Å². The second kappa shape index (κ2) is 7.88. The third-order valence-corrected chi connectivity index (χ3v) is 5.43. The molecular formula is C15H21S2+. The van der Waals surface area contributed by atoms with E-state index in [0.717, 1.165) is 0 Å². The van der Waals surface area contributed by atoms with Crippen LogP contribution in [0.15, 0.2) is 30.3 Å². The Hall–Kier alpha value is -0.340. The van der Waals surface area contributed by atoms with Crippen LogP contribution in [-0.4, -0.2) is 22.1 Å². The highest BCUT2D eigenvalue weighted by atomic mass is 32.2. The molecule has 0 unspecified atom stereocenters. The molecule has 0 N–H and O–H groups in total. The van der Waals surface area contributed by atoms with Crippen LogP contribution in [0.2, 0.25) is 0 Å². The molecule has 0 atom stereocenters. The van der Waals surface area contributed by atoms with Gasteiger partial charge in [0.15, 0.2) is 17.1 Å². The van der Waals surface area contributed by atoms with Crippen molar-refractivity contribution < 1.29 is 0 Å². The molecule has 92 valence electrons. The molecule has 0 spiro atoms. The van der Waals surface area contributed by atoms with Gasteiger partial charge in [0, 0.05) is 18.4 Å². The molecule has 0 aromatic heterocycles. The Morgan fingerprint density at radius 1 is 0.882 bits per heavy atom. The SMILES string of the molecule is c1ccc(C2=[S+]CCCSCCCCC2)cc1. The third kappa shape index (κ3) is 4.81. The molecule has 2 rings (SSSR count). The normalized spacial score (nSPS) is 19.2. The molecular weight excluding hydrogens is 244 g/mol.